The van der Waals surface area contributed by atoms with Gasteiger partial charge < -0.3 is 15.4 Å². The van der Waals surface area contributed by atoms with E-state index in [1.807, 2.05) is 61.5 Å². The molecule has 0 atom stereocenters. The second-order valence-corrected chi connectivity index (χ2v) is 8.27. The summed E-state index contributed by atoms with van der Waals surface area (Å²) in [6.07, 6.45) is 0. The van der Waals surface area contributed by atoms with Gasteiger partial charge in [0.15, 0.2) is 6.61 Å². The fourth-order valence-electron chi connectivity index (χ4n) is 3.34. The van der Waals surface area contributed by atoms with Gasteiger partial charge in [0, 0.05) is 23.6 Å². The zero-order valence-corrected chi connectivity index (χ0v) is 18.1. The van der Waals surface area contributed by atoms with E-state index in [1.54, 1.807) is 16.4 Å². The van der Waals surface area contributed by atoms with Crippen molar-refractivity contribution >= 4 is 29.4 Å². The van der Waals surface area contributed by atoms with E-state index in [1.165, 1.54) is 0 Å². The number of carbonyl (C=O) groups is 2. The van der Waals surface area contributed by atoms with Crippen molar-refractivity contribution in [3.63, 3.8) is 0 Å². The Kier molecular flexibility index (Phi) is 6.57. The number of nitrogens with zero attached hydrogens (tertiary/aromatic N) is 2. The predicted octanol–water partition coefficient (Wildman–Crippen LogP) is 3.27. The lowest BCUT2D eigenvalue weighted by Crippen LogP contribution is -2.29. The highest BCUT2D eigenvalue weighted by atomic mass is 32.2. The van der Waals surface area contributed by atoms with Gasteiger partial charge in [-0.3, -0.25) is 9.59 Å². The molecule has 0 fully saturated rings. The summed E-state index contributed by atoms with van der Waals surface area (Å²) in [5, 5.41) is 10.4. The smallest absolute Gasteiger partial charge is 0.263 e. The van der Waals surface area contributed by atoms with Crippen LogP contribution >= 0.6 is 11.8 Å². The van der Waals surface area contributed by atoms with E-state index in [-0.39, 0.29) is 25.0 Å². The summed E-state index contributed by atoms with van der Waals surface area (Å²) in [6.45, 7) is 2.31. The van der Waals surface area contributed by atoms with Crippen molar-refractivity contribution in [2.24, 2.45) is 0 Å². The number of rotatable bonds is 8. The van der Waals surface area contributed by atoms with Gasteiger partial charge in [-0.15, -0.1) is 0 Å². The van der Waals surface area contributed by atoms with E-state index >= 15 is 0 Å². The third-order valence-electron chi connectivity index (χ3n) is 4.95. The fraction of sp³-hybridized carbons (Fsp3) is 0.261. The maximum Gasteiger partial charge on any atom is 0.263 e. The third-order valence-corrected chi connectivity index (χ3v) is 5.93. The highest BCUT2D eigenvalue weighted by molar-refractivity contribution is 7.98. The van der Waals surface area contributed by atoms with Crippen LogP contribution in [0, 0.1) is 6.92 Å². The number of nitrogens with one attached hydrogen (secondary N) is 2. The number of ether oxygens (including phenoxy) is 1. The molecule has 0 saturated carbocycles. The first-order valence-electron chi connectivity index (χ1n) is 10.1. The minimum atomic E-state index is -0.284. The summed E-state index contributed by atoms with van der Waals surface area (Å²) in [4.78, 5) is 25.0. The highest BCUT2D eigenvalue weighted by Gasteiger charge is 2.25. The maximum absolute atomic E-state index is 12.6. The molecule has 4 rings (SSSR count). The van der Waals surface area contributed by atoms with Gasteiger partial charge in [0.2, 0.25) is 5.91 Å². The standard InChI is InChI=1S/C23H24N4O3S/c1-16-7-5-6-10-20(16)30-13-22(29)25-23-18-14-31-15-19(18)26-27(23)12-21(28)24-11-17-8-3-2-4-9-17/h2-10H,11-15H2,1H3,(H,24,28)(H,25,29). The van der Waals surface area contributed by atoms with Gasteiger partial charge in [0.25, 0.3) is 5.91 Å². The molecule has 1 aliphatic rings. The maximum atomic E-state index is 12.6. The van der Waals surface area contributed by atoms with Gasteiger partial charge in [-0.2, -0.15) is 16.9 Å². The van der Waals surface area contributed by atoms with Crippen LogP contribution in [0.3, 0.4) is 0 Å². The van der Waals surface area contributed by atoms with Crippen molar-refractivity contribution in [3.05, 3.63) is 77.0 Å². The topological polar surface area (TPSA) is 85.2 Å². The van der Waals surface area contributed by atoms with Gasteiger partial charge in [-0.25, -0.2) is 4.68 Å². The first-order valence-corrected chi connectivity index (χ1v) is 11.2. The van der Waals surface area contributed by atoms with Gasteiger partial charge >= 0.3 is 0 Å². The molecule has 1 aromatic heterocycles. The minimum Gasteiger partial charge on any atom is -0.483 e. The van der Waals surface area contributed by atoms with Crippen molar-refractivity contribution in [1.29, 1.82) is 0 Å². The molecule has 2 N–H and O–H groups in total. The molecular weight excluding hydrogens is 412 g/mol. The minimum absolute atomic E-state index is 0.0404. The first-order chi connectivity index (χ1) is 15.1. The second-order valence-electron chi connectivity index (χ2n) is 7.29. The van der Waals surface area contributed by atoms with Crippen molar-refractivity contribution in [2.45, 2.75) is 31.5 Å². The van der Waals surface area contributed by atoms with Crippen molar-refractivity contribution in [1.82, 2.24) is 15.1 Å². The molecule has 0 spiro atoms. The van der Waals surface area contributed by atoms with E-state index in [0.717, 1.165) is 33.9 Å². The molecule has 3 aromatic rings. The molecule has 0 unspecified atom stereocenters. The Labute approximate surface area is 185 Å². The number of carbonyl (C=O) groups excluding carboxylic acids is 2. The number of thioether (sulfide) groups is 1. The summed E-state index contributed by atoms with van der Waals surface area (Å²) in [5.74, 6) is 2.34. The molecule has 0 bridgehead atoms. The number of hydrogen-bond acceptors (Lipinski definition) is 5. The summed E-state index contributed by atoms with van der Waals surface area (Å²) < 4.78 is 7.23. The Bertz CT molecular complexity index is 1080. The molecule has 0 saturated heterocycles. The third kappa shape index (κ3) is 5.27. The first kappa shape index (κ1) is 21.0. The number of para-hydroxylation sites is 1. The number of fused-ring (bicyclic) bond motifs is 1. The SMILES string of the molecule is Cc1ccccc1OCC(=O)Nc1c2c(nn1CC(=O)NCc1ccccc1)CSC2. The number of benzene rings is 2. The normalized spacial score (nSPS) is 12.3. The lowest BCUT2D eigenvalue weighted by Gasteiger charge is -2.12. The average Bonchev–Trinajstić information content (AvgIpc) is 3.35. The van der Waals surface area contributed by atoms with Crippen LogP contribution in [0.15, 0.2) is 54.6 Å². The van der Waals surface area contributed by atoms with Crippen molar-refractivity contribution in [3.8, 4) is 5.75 Å². The molecule has 0 radical (unpaired) electrons. The number of amides is 2. The molecule has 31 heavy (non-hydrogen) atoms. The quantitative estimate of drug-likeness (QED) is 0.566. The van der Waals surface area contributed by atoms with E-state index < -0.39 is 0 Å². The second kappa shape index (κ2) is 9.70. The van der Waals surface area contributed by atoms with Gasteiger partial charge in [-0.05, 0) is 24.1 Å². The molecule has 1 aliphatic heterocycles. The summed E-state index contributed by atoms with van der Waals surface area (Å²) in [6, 6.07) is 17.3. The molecule has 2 heterocycles. The fourth-order valence-corrected chi connectivity index (χ4v) is 4.37. The van der Waals surface area contributed by atoms with Crippen molar-refractivity contribution < 1.29 is 14.3 Å². The summed E-state index contributed by atoms with van der Waals surface area (Å²) in [7, 11) is 0. The Hall–Kier alpha value is -3.26. The van der Waals surface area contributed by atoms with Crippen LogP contribution in [0.2, 0.25) is 0 Å². The van der Waals surface area contributed by atoms with Gasteiger partial charge in [0.05, 0.1) is 5.69 Å². The molecule has 2 aromatic carbocycles. The van der Waals surface area contributed by atoms with Crippen LogP contribution < -0.4 is 15.4 Å². The zero-order valence-electron chi connectivity index (χ0n) is 17.3. The summed E-state index contributed by atoms with van der Waals surface area (Å²) >= 11 is 1.74. The van der Waals surface area contributed by atoms with Crippen LogP contribution in [0.25, 0.3) is 0 Å². The van der Waals surface area contributed by atoms with Crippen LogP contribution in [0.5, 0.6) is 5.75 Å². The van der Waals surface area contributed by atoms with Crippen LogP contribution in [0.4, 0.5) is 5.82 Å². The molecule has 0 aliphatic carbocycles. The zero-order chi connectivity index (χ0) is 21.6. The molecule has 8 heteroatoms. The van der Waals surface area contributed by atoms with Crippen LogP contribution in [-0.4, -0.2) is 28.2 Å². The molecular formula is C23H24N4O3S. The Morgan fingerprint density at radius 1 is 1.06 bits per heavy atom. The monoisotopic (exact) mass is 436 g/mol. The van der Waals surface area contributed by atoms with E-state index in [2.05, 4.69) is 15.7 Å². The number of hydrogen-bond donors (Lipinski definition) is 2. The van der Waals surface area contributed by atoms with Crippen molar-refractivity contribution in [2.75, 3.05) is 11.9 Å². The van der Waals surface area contributed by atoms with E-state index in [4.69, 9.17) is 4.74 Å². The predicted molar refractivity (Wildman–Crippen MR) is 121 cm³/mol. The molecule has 160 valence electrons. The largest absolute Gasteiger partial charge is 0.483 e. The number of aryl methyl sites for hydroxylation is 1. The van der Waals surface area contributed by atoms with E-state index in [0.29, 0.717) is 18.1 Å². The number of aromatic nitrogens is 2. The van der Waals surface area contributed by atoms with Gasteiger partial charge in [0.1, 0.15) is 18.1 Å². The Balaban J connectivity index is 1.39. The lowest BCUT2D eigenvalue weighted by molar-refractivity contribution is -0.122. The van der Waals surface area contributed by atoms with Crippen LogP contribution in [0.1, 0.15) is 22.4 Å². The molecule has 2 amide bonds. The Morgan fingerprint density at radius 3 is 2.65 bits per heavy atom. The van der Waals surface area contributed by atoms with Gasteiger partial charge in [-0.1, -0.05) is 48.5 Å². The lowest BCUT2D eigenvalue weighted by atomic mass is 10.2. The Morgan fingerprint density at radius 2 is 1.84 bits per heavy atom. The average molecular weight is 437 g/mol. The van der Waals surface area contributed by atoms with E-state index in [9.17, 15) is 9.59 Å². The molecule has 7 nitrogen and oxygen atoms in total. The summed E-state index contributed by atoms with van der Waals surface area (Å²) in [5.41, 5.74) is 3.88. The number of anilines is 1. The highest BCUT2D eigenvalue weighted by Crippen LogP contribution is 2.34. The van der Waals surface area contributed by atoms with Crippen LogP contribution in [-0.2, 0) is 34.2 Å².